The van der Waals surface area contributed by atoms with Crippen molar-refractivity contribution >= 4 is 16.6 Å². The van der Waals surface area contributed by atoms with Crippen LogP contribution in [-0.2, 0) is 4.74 Å². The maximum atomic E-state index is 5.05. The number of anilines is 1. The number of fused-ring (bicyclic) bond motifs is 1. The lowest BCUT2D eigenvalue weighted by molar-refractivity contribution is -0.00000402. The van der Waals surface area contributed by atoms with Crippen LogP contribution < -0.4 is 17.7 Å². The highest BCUT2D eigenvalue weighted by Crippen LogP contribution is 2.24. The Morgan fingerprint density at radius 3 is 2.72 bits per heavy atom. The van der Waals surface area contributed by atoms with E-state index in [9.17, 15) is 0 Å². The second-order valence-corrected chi connectivity index (χ2v) is 4.25. The molecule has 0 atom stereocenters. The van der Waals surface area contributed by atoms with Crippen LogP contribution in [0.2, 0.25) is 0 Å². The molecular weight excluding hydrogens is 248 g/mol. The highest BCUT2D eigenvalue weighted by Gasteiger charge is 2.03. The summed E-state index contributed by atoms with van der Waals surface area (Å²) in [4.78, 5) is 4.53. The van der Waals surface area contributed by atoms with Crippen molar-refractivity contribution in [2.75, 3.05) is 25.6 Å². The first-order valence-corrected chi connectivity index (χ1v) is 5.81. The van der Waals surface area contributed by atoms with E-state index in [4.69, 9.17) is 4.74 Å². The van der Waals surface area contributed by atoms with Gasteiger partial charge in [-0.25, -0.2) is 0 Å². The van der Waals surface area contributed by atoms with Gasteiger partial charge in [0.15, 0.2) is 0 Å². The molecule has 3 nitrogen and oxygen atoms in total. The van der Waals surface area contributed by atoms with Gasteiger partial charge < -0.3 is 22.5 Å². The third kappa shape index (κ3) is 3.34. The third-order valence-electron chi connectivity index (χ3n) is 2.71. The number of benzene rings is 1. The Morgan fingerprint density at radius 1 is 1.22 bits per heavy atom. The molecule has 1 heterocycles. The number of halogens is 1. The Kier molecular flexibility index (Phi) is 5.38. The number of aromatic nitrogens is 1. The van der Waals surface area contributed by atoms with E-state index in [1.807, 2.05) is 6.92 Å². The van der Waals surface area contributed by atoms with Gasteiger partial charge in [-0.05, 0) is 32.0 Å². The van der Waals surface area contributed by atoms with E-state index >= 15 is 0 Å². The molecule has 1 aromatic heterocycles. The Balaban J connectivity index is 0.00000162. The van der Waals surface area contributed by atoms with Gasteiger partial charge in [0.25, 0.3) is 0 Å². The van der Waals surface area contributed by atoms with Crippen LogP contribution in [0.25, 0.3) is 10.9 Å². The molecule has 2 aromatic rings. The zero-order chi connectivity index (χ0) is 12.3. The summed E-state index contributed by atoms with van der Waals surface area (Å²) in [6, 6.07) is 8.40. The minimum absolute atomic E-state index is 0. The SMILES string of the molecule is COCCNc1cc(C)nc2ccc(C)cc12.[Cl-]. The van der Waals surface area contributed by atoms with Crippen LogP contribution >= 0.6 is 0 Å². The van der Waals surface area contributed by atoms with Crippen LogP contribution in [0, 0.1) is 13.8 Å². The maximum Gasteiger partial charge on any atom is 0.0726 e. The third-order valence-corrected chi connectivity index (χ3v) is 2.71. The van der Waals surface area contributed by atoms with Gasteiger partial charge in [-0.2, -0.15) is 0 Å². The van der Waals surface area contributed by atoms with Gasteiger partial charge in [0.05, 0.1) is 12.1 Å². The van der Waals surface area contributed by atoms with E-state index in [1.165, 1.54) is 10.9 Å². The Morgan fingerprint density at radius 2 is 2.00 bits per heavy atom. The van der Waals surface area contributed by atoms with Crippen LogP contribution in [0.15, 0.2) is 24.3 Å². The molecule has 0 radical (unpaired) electrons. The summed E-state index contributed by atoms with van der Waals surface area (Å²) >= 11 is 0. The monoisotopic (exact) mass is 265 g/mol. The zero-order valence-electron chi connectivity index (χ0n) is 11.0. The first-order chi connectivity index (χ1) is 8.20. The number of pyridine rings is 1. The quantitative estimate of drug-likeness (QED) is 0.785. The molecule has 0 unspecified atom stereocenters. The fourth-order valence-electron chi connectivity index (χ4n) is 1.91. The molecule has 0 aliphatic heterocycles. The van der Waals surface area contributed by atoms with Gasteiger partial charge in [0, 0.05) is 30.4 Å². The van der Waals surface area contributed by atoms with E-state index in [0.717, 1.165) is 23.4 Å². The normalized spacial score (nSPS) is 10.2. The van der Waals surface area contributed by atoms with E-state index in [1.54, 1.807) is 7.11 Å². The molecule has 0 saturated heterocycles. The minimum atomic E-state index is 0. The molecule has 0 aliphatic rings. The van der Waals surface area contributed by atoms with Gasteiger partial charge in [-0.1, -0.05) is 11.6 Å². The lowest BCUT2D eigenvalue weighted by atomic mass is 10.1. The van der Waals surface area contributed by atoms with E-state index in [2.05, 4.69) is 41.5 Å². The minimum Gasteiger partial charge on any atom is -1.00 e. The Labute approximate surface area is 114 Å². The number of hydrogen-bond acceptors (Lipinski definition) is 3. The number of nitrogens with zero attached hydrogens (tertiary/aromatic N) is 1. The van der Waals surface area contributed by atoms with Crippen LogP contribution in [0.5, 0.6) is 0 Å². The van der Waals surface area contributed by atoms with Crippen molar-refractivity contribution in [3.63, 3.8) is 0 Å². The molecule has 98 valence electrons. The first kappa shape index (κ1) is 14.7. The van der Waals surface area contributed by atoms with E-state index < -0.39 is 0 Å². The van der Waals surface area contributed by atoms with E-state index in [-0.39, 0.29) is 12.4 Å². The van der Waals surface area contributed by atoms with Crippen molar-refractivity contribution in [2.45, 2.75) is 13.8 Å². The highest BCUT2D eigenvalue weighted by atomic mass is 35.5. The summed E-state index contributed by atoms with van der Waals surface area (Å²) in [5.41, 5.74) is 4.45. The predicted molar refractivity (Wildman–Crippen MR) is 71.6 cm³/mol. The molecular formula is C14H18ClN2O-. The van der Waals surface area contributed by atoms with Crippen LogP contribution in [-0.4, -0.2) is 25.2 Å². The second kappa shape index (κ2) is 6.57. The number of hydrogen-bond donors (Lipinski definition) is 1. The lowest BCUT2D eigenvalue weighted by Gasteiger charge is -2.11. The molecule has 4 heteroatoms. The summed E-state index contributed by atoms with van der Waals surface area (Å²) in [5, 5.41) is 4.56. The molecule has 0 spiro atoms. The van der Waals surface area contributed by atoms with Gasteiger partial charge >= 0.3 is 0 Å². The van der Waals surface area contributed by atoms with Crippen LogP contribution in [0.1, 0.15) is 11.3 Å². The van der Waals surface area contributed by atoms with Crippen molar-refractivity contribution in [3.8, 4) is 0 Å². The van der Waals surface area contributed by atoms with Crippen molar-refractivity contribution in [2.24, 2.45) is 0 Å². The number of rotatable bonds is 4. The Hall–Kier alpha value is -1.32. The van der Waals surface area contributed by atoms with Crippen molar-refractivity contribution in [1.82, 2.24) is 4.98 Å². The van der Waals surface area contributed by atoms with Crippen molar-refractivity contribution in [1.29, 1.82) is 0 Å². The van der Waals surface area contributed by atoms with Gasteiger partial charge in [0.2, 0.25) is 0 Å². The molecule has 1 N–H and O–H groups in total. The number of aryl methyl sites for hydroxylation is 2. The largest absolute Gasteiger partial charge is 1.00 e. The topological polar surface area (TPSA) is 34.1 Å². The summed E-state index contributed by atoms with van der Waals surface area (Å²) in [6.07, 6.45) is 0. The van der Waals surface area contributed by atoms with Crippen LogP contribution in [0.3, 0.4) is 0 Å². The molecule has 0 aliphatic carbocycles. The summed E-state index contributed by atoms with van der Waals surface area (Å²) in [5.74, 6) is 0. The molecule has 0 saturated carbocycles. The molecule has 1 aromatic carbocycles. The summed E-state index contributed by atoms with van der Waals surface area (Å²) in [7, 11) is 1.71. The number of nitrogens with one attached hydrogen (secondary N) is 1. The first-order valence-electron chi connectivity index (χ1n) is 5.81. The van der Waals surface area contributed by atoms with E-state index in [0.29, 0.717) is 6.61 Å². The average molecular weight is 266 g/mol. The second-order valence-electron chi connectivity index (χ2n) is 4.25. The average Bonchev–Trinajstić information content (AvgIpc) is 2.30. The van der Waals surface area contributed by atoms with Crippen molar-refractivity contribution in [3.05, 3.63) is 35.5 Å². The predicted octanol–water partition coefficient (Wildman–Crippen LogP) is -0.0861. The molecule has 0 fully saturated rings. The summed E-state index contributed by atoms with van der Waals surface area (Å²) in [6.45, 7) is 5.62. The van der Waals surface area contributed by atoms with Crippen LogP contribution in [0.4, 0.5) is 5.69 Å². The molecule has 2 rings (SSSR count). The lowest BCUT2D eigenvalue weighted by Crippen LogP contribution is -3.00. The zero-order valence-corrected chi connectivity index (χ0v) is 11.7. The molecule has 18 heavy (non-hydrogen) atoms. The van der Waals surface area contributed by atoms with Gasteiger partial charge in [0.1, 0.15) is 0 Å². The fraction of sp³-hybridized carbons (Fsp3) is 0.357. The van der Waals surface area contributed by atoms with Gasteiger partial charge in [-0.15, -0.1) is 0 Å². The smallest absolute Gasteiger partial charge is 0.0726 e. The number of ether oxygens (including phenoxy) is 1. The Bertz CT molecular complexity index is 528. The maximum absolute atomic E-state index is 5.05. The molecule has 0 amide bonds. The molecule has 0 bridgehead atoms. The standard InChI is InChI=1S/C14H18N2O.ClH/c1-10-4-5-13-12(8-10)14(9-11(2)16-13)15-6-7-17-3;/h4-5,8-9H,6-7H2,1-3H3,(H,15,16);1H/p-1. The summed E-state index contributed by atoms with van der Waals surface area (Å²) < 4.78 is 5.05. The fourth-order valence-corrected chi connectivity index (χ4v) is 1.91. The number of methoxy groups -OCH3 is 1. The van der Waals surface area contributed by atoms with Gasteiger partial charge in [-0.3, -0.25) is 4.98 Å². The van der Waals surface area contributed by atoms with Crippen molar-refractivity contribution < 1.29 is 17.1 Å². The highest BCUT2D eigenvalue weighted by molar-refractivity contribution is 5.91.